The van der Waals surface area contributed by atoms with Crippen LogP contribution in [-0.2, 0) is 9.53 Å². The minimum Gasteiger partial charge on any atom is -0.384 e. The smallest absolute Gasteiger partial charge is 0.251 e. The van der Waals surface area contributed by atoms with Gasteiger partial charge >= 0.3 is 0 Å². The van der Waals surface area contributed by atoms with E-state index in [0.29, 0.717) is 13.1 Å². The van der Waals surface area contributed by atoms with Crippen molar-refractivity contribution in [1.82, 2.24) is 4.90 Å². The minimum atomic E-state index is -0.873. The lowest BCUT2D eigenvalue weighted by molar-refractivity contribution is -0.224. The fourth-order valence-corrected chi connectivity index (χ4v) is 1.71. The van der Waals surface area contributed by atoms with Gasteiger partial charge in [0.25, 0.3) is 5.91 Å². The van der Waals surface area contributed by atoms with E-state index in [1.807, 2.05) is 0 Å². The second kappa shape index (κ2) is 2.44. The van der Waals surface area contributed by atoms with Gasteiger partial charge in [-0.3, -0.25) is 4.79 Å². The number of ether oxygens (including phenoxy) is 1. The van der Waals surface area contributed by atoms with Gasteiger partial charge < -0.3 is 14.7 Å². The van der Waals surface area contributed by atoms with Crippen LogP contribution in [0.2, 0.25) is 0 Å². The Bertz CT molecular complexity index is 202. The van der Waals surface area contributed by atoms with Crippen molar-refractivity contribution in [3.8, 4) is 0 Å². The molecule has 2 aliphatic rings. The molecule has 0 aromatic rings. The summed E-state index contributed by atoms with van der Waals surface area (Å²) in [4.78, 5) is 12.8. The molecule has 1 N–H and O–H groups in total. The Morgan fingerprint density at radius 1 is 1.67 bits per heavy atom. The summed E-state index contributed by atoms with van der Waals surface area (Å²) in [6.07, 6.45) is 0.179. The Morgan fingerprint density at radius 3 is 2.58 bits per heavy atom. The molecular weight excluding hydrogens is 158 g/mol. The van der Waals surface area contributed by atoms with E-state index in [1.165, 1.54) is 6.92 Å². The molecule has 0 bridgehead atoms. The Morgan fingerprint density at radius 2 is 2.25 bits per heavy atom. The van der Waals surface area contributed by atoms with Crippen LogP contribution in [0.25, 0.3) is 0 Å². The van der Waals surface area contributed by atoms with Crippen molar-refractivity contribution in [3.63, 3.8) is 0 Å². The van der Waals surface area contributed by atoms with Crippen molar-refractivity contribution in [3.05, 3.63) is 0 Å². The van der Waals surface area contributed by atoms with E-state index < -0.39 is 6.10 Å². The number of aliphatic hydroxyl groups excluding tert-OH is 1. The number of hydrogen-bond acceptors (Lipinski definition) is 3. The molecule has 1 amide bonds. The van der Waals surface area contributed by atoms with Crippen LogP contribution >= 0.6 is 0 Å². The number of nitrogens with zero attached hydrogens (tertiary/aromatic N) is 1. The molecule has 12 heavy (non-hydrogen) atoms. The van der Waals surface area contributed by atoms with E-state index in [9.17, 15) is 4.79 Å². The zero-order valence-electron chi connectivity index (χ0n) is 7.12. The van der Waals surface area contributed by atoms with Gasteiger partial charge in [0.05, 0.1) is 19.7 Å². The van der Waals surface area contributed by atoms with E-state index in [0.717, 1.165) is 13.0 Å². The monoisotopic (exact) mass is 171 g/mol. The maximum atomic E-state index is 11.2. The summed E-state index contributed by atoms with van der Waals surface area (Å²) in [5.74, 6) is -0.184. The predicted octanol–water partition coefficient (Wildman–Crippen LogP) is -0.632. The van der Waals surface area contributed by atoms with Crippen LogP contribution in [0.4, 0.5) is 0 Å². The van der Waals surface area contributed by atoms with Gasteiger partial charge in [0, 0.05) is 6.42 Å². The van der Waals surface area contributed by atoms with Crippen LogP contribution in [0.15, 0.2) is 0 Å². The molecule has 0 aromatic carbocycles. The maximum absolute atomic E-state index is 11.2. The third kappa shape index (κ3) is 1.03. The fraction of sp³-hybridized carbons (Fsp3) is 0.875. The third-order valence-electron chi connectivity index (χ3n) is 2.59. The van der Waals surface area contributed by atoms with Gasteiger partial charge in [-0.15, -0.1) is 0 Å². The second-order valence-corrected chi connectivity index (χ2v) is 3.65. The number of hydrogen-bond donors (Lipinski definition) is 1. The topological polar surface area (TPSA) is 49.8 Å². The molecule has 0 unspecified atom stereocenters. The van der Waals surface area contributed by atoms with Gasteiger partial charge in [0.15, 0.2) is 0 Å². The molecule has 2 saturated heterocycles. The van der Waals surface area contributed by atoms with Gasteiger partial charge in [-0.2, -0.15) is 0 Å². The number of carbonyl (C=O) groups excluding carboxylic acids is 1. The molecule has 0 aromatic heterocycles. The Labute approximate surface area is 71.1 Å². The standard InChI is InChI=1S/C8H13NO3/c1-6(10)7(11)9-4-8(5-9)2-3-12-8/h6,10H,2-5H2,1H3/t6-/m1/s1. The highest BCUT2D eigenvalue weighted by Gasteiger charge is 2.51. The summed E-state index contributed by atoms with van der Waals surface area (Å²) in [5.41, 5.74) is -0.0233. The molecule has 4 heteroatoms. The first-order valence-electron chi connectivity index (χ1n) is 4.24. The van der Waals surface area contributed by atoms with Crippen molar-refractivity contribution in [2.24, 2.45) is 0 Å². The van der Waals surface area contributed by atoms with Crippen LogP contribution in [0.3, 0.4) is 0 Å². The summed E-state index contributed by atoms with van der Waals surface area (Å²) < 4.78 is 5.34. The molecule has 1 atom stereocenters. The van der Waals surface area contributed by atoms with Crippen molar-refractivity contribution in [2.45, 2.75) is 25.0 Å². The normalized spacial score (nSPS) is 27.7. The second-order valence-electron chi connectivity index (χ2n) is 3.65. The van der Waals surface area contributed by atoms with Crippen molar-refractivity contribution < 1.29 is 14.6 Å². The molecule has 0 saturated carbocycles. The number of amides is 1. The quantitative estimate of drug-likeness (QED) is 0.571. The zero-order valence-corrected chi connectivity index (χ0v) is 7.12. The first-order chi connectivity index (χ1) is 5.63. The van der Waals surface area contributed by atoms with Crippen molar-refractivity contribution >= 4 is 5.91 Å². The molecule has 2 fully saturated rings. The Hall–Kier alpha value is -0.610. The average molecular weight is 171 g/mol. The molecule has 0 radical (unpaired) electrons. The molecule has 68 valence electrons. The van der Waals surface area contributed by atoms with Crippen molar-refractivity contribution in [1.29, 1.82) is 0 Å². The third-order valence-corrected chi connectivity index (χ3v) is 2.59. The number of likely N-dealkylation sites (tertiary alicyclic amines) is 1. The average Bonchev–Trinajstić information content (AvgIpc) is 1.80. The maximum Gasteiger partial charge on any atom is 0.251 e. The number of rotatable bonds is 1. The number of aliphatic hydroxyl groups is 1. The van der Waals surface area contributed by atoms with Gasteiger partial charge in [-0.1, -0.05) is 0 Å². The lowest BCUT2D eigenvalue weighted by atomic mass is 9.86. The lowest BCUT2D eigenvalue weighted by Crippen LogP contribution is -2.70. The molecule has 2 heterocycles. The zero-order chi connectivity index (χ0) is 8.77. The number of carbonyl (C=O) groups is 1. The van der Waals surface area contributed by atoms with E-state index in [2.05, 4.69) is 0 Å². The van der Waals surface area contributed by atoms with Crippen LogP contribution < -0.4 is 0 Å². The molecular formula is C8H13NO3. The van der Waals surface area contributed by atoms with E-state index >= 15 is 0 Å². The van der Waals surface area contributed by atoms with Crippen LogP contribution in [-0.4, -0.2) is 47.3 Å². The summed E-state index contributed by atoms with van der Waals surface area (Å²) in [5, 5.41) is 8.99. The molecule has 2 rings (SSSR count). The fourth-order valence-electron chi connectivity index (χ4n) is 1.71. The van der Waals surface area contributed by atoms with Gasteiger partial charge in [-0.05, 0) is 6.92 Å². The highest BCUT2D eigenvalue weighted by atomic mass is 16.5. The summed E-state index contributed by atoms with van der Waals surface area (Å²) in [7, 11) is 0. The SMILES string of the molecule is C[C@@H](O)C(=O)N1CC2(CCO2)C1. The Balaban J connectivity index is 1.84. The first kappa shape index (κ1) is 8.01. The van der Waals surface area contributed by atoms with Crippen molar-refractivity contribution in [2.75, 3.05) is 19.7 Å². The highest BCUT2D eigenvalue weighted by molar-refractivity contribution is 5.81. The highest BCUT2D eigenvalue weighted by Crippen LogP contribution is 2.35. The van der Waals surface area contributed by atoms with Gasteiger partial charge in [-0.25, -0.2) is 0 Å². The van der Waals surface area contributed by atoms with E-state index in [1.54, 1.807) is 4.90 Å². The minimum absolute atomic E-state index is 0.0233. The lowest BCUT2D eigenvalue weighted by Gasteiger charge is -2.55. The summed E-state index contributed by atoms with van der Waals surface area (Å²) >= 11 is 0. The van der Waals surface area contributed by atoms with E-state index in [-0.39, 0.29) is 11.5 Å². The summed E-state index contributed by atoms with van der Waals surface area (Å²) in [6.45, 7) is 3.64. The molecule has 0 aliphatic carbocycles. The van der Waals surface area contributed by atoms with Gasteiger partial charge in [0.1, 0.15) is 11.7 Å². The van der Waals surface area contributed by atoms with E-state index in [4.69, 9.17) is 9.84 Å². The predicted molar refractivity (Wildman–Crippen MR) is 41.6 cm³/mol. The van der Waals surface area contributed by atoms with Gasteiger partial charge in [0.2, 0.25) is 0 Å². The largest absolute Gasteiger partial charge is 0.384 e. The Kier molecular flexibility index (Phi) is 1.63. The molecule has 1 spiro atoms. The molecule has 4 nitrogen and oxygen atoms in total. The van der Waals surface area contributed by atoms with Crippen LogP contribution in [0.5, 0.6) is 0 Å². The molecule has 2 aliphatic heterocycles. The summed E-state index contributed by atoms with van der Waals surface area (Å²) in [6, 6.07) is 0. The first-order valence-corrected chi connectivity index (χ1v) is 4.24. The van der Waals surface area contributed by atoms with Crippen LogP contribution in [0, 0.1) is 0 Å². The van der Waals surface area contributed by atoms with Crippen LogP contribution in [0.1, 0.15) is 13.3 Å².